The van der Waals surface area contributed by atoms with Crippen LogP contribution in [0.5, 0.6) is 0 Å². The third-order valence-electron chi connectivity index (χ3n) is 3.54. The normalized spacial score (nSPS) is 14.3. The molecule has 0 spiro atoms. The Morgan fingerprint density at radius 2 is 2.17 bits per heavy atom. The minimum absolute atomic E-state index is 0.119. The van der Waals surface area contributed by atoms with E-state index in [9.17, 15) is 4.79 Å². The first-order valence-electron chi connectivity index (χ1n) is 7.82. The predicted molar refractivity (Wildman–Crippen MR) is 98.6 cm³/mol. The molecule has 1 saturated heterocycles. The van der Waals surface area contributed by atoms with E-state index in [1.807, 2.05) is 31.0 Å². The number of amides is 1. The van der Waals surface area contributed by atoms with Crippen LogP contribution in [0.15, 0.2) is 29.9 Å². The molecule has 8 heteroatoms. The Bertz CT molecular complexity index is 731. The fourth-order valence-electron chi connectivity index (χ4n) is 2.48. The highest BCUT2D eigenvalue weighted by molar-refractivity contribution is 7.80. The van der Waals surface area contributed by atoms with Gasteiger partial charge in [-0.15, -0.1) is 11.3 Å². The Labute approximate surface area is 150 Å². The van der Waals surface area contributed by atoms with Gasteiger partial charge in [-0.2, -0.15) is 0 Å². The maximum Gasteiger partial charge on any atom is 0.291 e. The molecule has 2 aromatic heterocycles. The van der Waals surface area contributed by atoms with E-state index in [0.717, 1.165) is 23.5 Å². The van der Waals surface area contributed by atoms with Crippen LogP contribution in [0, 0.1) is 0 Å². The maximum absolute atomic E-state index is 12.8. The van der Waals surface area contributed by atoms with Crippen LogP contribution < -0.4 is 5.32 Å². The van der Waals surface area contributed by atoms with Gasteiger partial charge in [0.2, 0.25) is 0 Å². The van der Waals surface area contributed by atoms with Crippen LogP contribution >= 0.6 is 23.6 Å². The summed E-state index contributed by atoms with van der Waals surface area (Å²) >= 11 is 6.86. The van der Waals surface area contributed by atoms with E-state index < -0.39 is 0 Å². The van der Waals surface area contributed by atoms with E-state index in [1.54, 1.807) is 22.8 Å². The lowest BCUT2D eigenvalue weighted by molar-refractivity contribution is 0.0485. The molecule has 0 radical (unpaired) electrons. The largest absolute Gasteiger partial charge is 0.359 e. The van der Waals surface area contributed by atoms with E-state index in [2.05, 4.69) is 15.3 Å². The molecule has 6 nitrogen and oxygen atoms in total. The summed E-state index contributed by atoms with van der Waals surface area (Å²) in [5.41, 5.74) is 1.36. The van der Waals surface area contributed by atoms with E-state index in [-0.39, 0.29) is 11.9 Å². The summed E-state index contributed by atoms with van der Waals surface area (Å²) in [5, 5.41) is 9.87. The monoisotopic (exact) mass is 361 g/mol. The lowest BCUT2D eigenvalue weighted by atomic mass is 10.3. The number of nitrogens with one attached hydrogen (secondary N) is 1. The van der Waals surface area contributed by atoms with Crippen LogP contribution in [-0.4, -0.2) is 50.1 Å². The smallest absolute Gasteiger partial charge is 0.291 e. The maximum atomic E-state index is 12.8. The summed E-state index contributed by atoms with van der Waals surface area (Å²) in [6, 6.07) is 4.02. The number of nitrogens with zero attached hydrogens (tertiary/aromatic N) is 4. The molecule has 0 unspecified atom stereocenters. The molecule has 1 N–H and O–H groups in total. The Hall–Kier alpha value is -2.06. The second-order valence-electron chi connectivity index (χ2n) is 5.79. The second-order valence-corrected chi connectivity index (χ2v) is 7.03. The first-order chi connectivity index (χ1) is 11.6. The van der Waals surface area contributed by atoms with Gasteiger partial charge in [-0.05, 0) is 44.6 Å². The SMILES string of the molecule is CC(C)NC(=S)N1CCCN1C(=O)c1csc(-c2cccnc2)n1. The number of pyridine rings is 1. The molecule has 0 saturated carbocycles. The number of carbonyl (C=O) groups excluding carboxylic acids is 1. The van der Waals surface area contributed by atoms with Crippen molar-refractivity contribution in [1.29, 1.82) is 0 Å². The van der Waals surface area contributed by atoms with Crippen LogP contribution in [0.25, 0.3) is 10.6 Å². The van der Waals surface area contributed by atoms with Crippen molar-refractivity contribution in [2.75, 3.05) is 13.1 Å². The van der Waals surface area contributed by atoms with Crippen LogP contribution in [-0.2, 0) is 0 Å². The lowest BCUT2D eigenvalue weighted by Gasteiger charge is -2.30. The highest BCUT2D eigenvalue weighted by Gasteiger charge is 2.31. The quantitative estimate of drug-likeness (QED) is 0.848. The van der Waals surface area contributed by atoms with E-state index in [1.165, 1.54) is 11.3 Å². The van der Waals surface area contributed by atoms with Gasteiger partial charge in [0.25, 0.3) is 5.91 Å². The van der Waals surface area contributed by atoms with E-state index in [4.69, 9.17) is 12.2 Å². The van der Waals surface area contributed by atoms with Gasteiger partial charge in [-0.3, -0.25) is 14.8 Å². The zero-order chi connectivity index (χ0) is 17.1. The molecule has 1 amide bonds. The summed E-state index contributed by atoms with van der Waals surface area (Å²) in [5.74, 6) is -0.119. The molecular formula is C16H19N5OS2. The van der Waals surface area contributed by atoms with Crippen molar-refractivity contribution in [3.05, 3.63) is 35.6 Å². The number of thiocarbonyl (C=S) groups is 1. The van der Waals surface area contributed by atoms with Crippen molar-refractivity contribution in [1.82, 2.24) is 25.3 Å². The molecule has 0 bridgehead atoms. The van der Waals surface area contributed by atoms with Gasteiger partial charge in [0.15, 0.2) is 5.11 Å². The van der Waals surface area contributed by atoms with Crippen molar-refractivity contribution < 1.29 is 4.79 Å². The zero-order valence-electron chi connectivity index (χ0n) is 13.6. The van der Waals surface area contributed by atoms with Crippen molar-refractivity contribution in [3.8, 4) is 10.6 Å². The highest BCUT2D eigenvalue weighted by atomic mass is 32.1. The Kier molecular flexibility index (Phi) is 5.06. The first kappa shape index (κ1) is 16.8. The number of carbonyl (C=O) groups is 1. The van der Waals surface area contributed by atoms with Crippen molar-refractivity contribution in [2.45, 2.75) is 26.3 Å². The van der Waals surface area contributed by atoms with Gasteiger partial charge in [0.05, 0.1) is 0 Å². The Morgan fingerprint density at radius 3 is 2.88 bits per heavy atom. The molecule has 3 heterocycles. The zero-order valence-corrected chi connectivity index (χ0v) is 15.2. The van der Waals surface area contributed by atoms with Gasteiger partial charge in [0, 0.05) is 42.5 Å². The van der Waals surface area contributed by atoms with Gasteiger partial charge in [-0.25, -0.2) is 9.99 Å². The fourth-order valence-corrected chi connectivity index (χ4v) is 3.69. The van der Waals surface area contributed by atoms with Crippen molar-refractivity contribution in [3.63, 3.8) is 0 Å². The molecule has 2 aromatic rings. The molecule has 0 atom stereocenters. The summed E-state index contributed by atoms with van der Waals surface area (Å²) in [6.45, 7) is 5.44. The molecule has 1 aliphatic rings. The number of aromatic nitrogens is 2. The van der Waals surface area contributed by atoms with E-state index in [0.29, 0.717) is 17.4 Å². The predicted octanol–water partition coefficient (Wildman–Crippen LogP) is 2.55. The Morgan fingerprint density at radius 1 is 1.38 bits per heavy atom. The van der Waals surface area contributed by atoms with Crippen LogP contribution in [0.1, 0.15) is 30.8 Å². The molecule has 1 fully saturated rings. The Balaban J connectivity index is 1.76. The third kappa shape index (κ3) is 3.54. The van der Waals surface area contributed by atoms with Gasteiger partial charge in [-0.1, -0.05) is 0 Å². The van der Waals surface area contributed by atoms with Crippen molar-refractivity contribution >= 4 is 34.6 Å². The minimum atomic E-state index is -0.119. The lowest BCUT2D eigenvalue weighted by Crippen LogP contribution is -2.50. The first-order valence-corrected chi connectivity index (χ1v) is 9.11. The summed E-state index contributed by atoms with van der Waals surface area (Å²) < 4.78 is 0. The van der Waals surface area contributed by atoms with Crippen LogP contribution in [0.3, 0.4) is 0 Å². The highest BCUT2D eigenvalue weighted by Crippen LogP contribution is 2.24. The molecule has 0 aliphatic carbocycles. The number of hydrogen-bond donors (Lipinski definition) is 1. The average molecular weight is 361 g/mol. The number of thiazole rings is 1. The molecular weight excluding hydrogens is 342 g/mol. The molecule has 126 valence electrons. The molecule has 3 rings (SSSR count). The number of hydrazine groups is 1. The standard InChI is InChI=1S/C16H19N5OS2/c1-11(2)18-16(23)21-8-4-7-20(21)15(22)13-10-24-14(19-13)12-5-3-6-17-9-12/h3,5-6,9-11H,4,7-8H2,1-2H3,(H,18,23). The number of hydrogen-bond acceptors (Lipinski definition) is 5. The van der Waals surface area contributed by atoms with Gasteiger partial charge >= 0.3 is 0 Å². The summed E-state index contributed by atoms with van der Waals surface area (Å²) in [6.07, 6.45) is 4.36. The minimum Gasteiger partial charge on any atom is -0.359 e. The molecule has 1 aliphatic heterocycles. The second kappa shape index (κ2) is 7.23. The summed E-state index contributed by atoms with van der Waals surface area (Å²) in [4.78, 5) is 21.4. The van der Waals surface area contributed by atoms with Crippen LogP contribution in [0.2, 0.25) is 0 Å². The van der Waals surface area contributed by atoms with Gasteiger partial charge < -0.3 is 5.32 Å². The average Bonchev–Trinajstić information content (AvgIpc) is 3.24. The number of rotatable bonds is 3. The van der Waals surface area contributed by atoms with Crippen molar-refractivity contribution in [2.24, 2.45) is 0 Å². The third-order valence-corrected chi connectivity index (χ3v) is 4.76. The molecule has 24 heavy (non-hydrogen) atoms. The van der Waals surface area contributed by atoms with Gasteiger partial charge in [0.1, 0.15) is 10.7 Å². The topological polar surface area (TPSA) is 61.4 Å². The van der Waals surface area contributed by atoms with E-state index >= 15 is 0 Å². The fraction of sp³-hybridized carbons (Fsp3) is 0.375. The van der Waals surface area contributed by atoms with Crippen LogP contribution in [0.4, 0.5) is 0 Å². The molecule has 0 aromatic carbocycles. The summed E-state index contributed by atoms with van der Waals surface area (Å²) in [7, 11) is 0.